The highest BCUT2D eigenvalue weighted by Gasteiger charge is 2.18. The van der Waals surface area contributed by atoms with Gasteiger partial charge in [-0.15, -0.1) is 0 Å². The molecule has 0 saturated carbocycles. The average molecular weight is 229 g/mol. The van der Waals surface area contributed by atoms with E-state index in [1.807, 2.05) is 11.0 Å². The van der Waals surface area contributed by atoms with Crippen molar-refractivity contribution in [2.24, 2.45) is 0 Å². The molecule has 17 heavy (non-hydrogen) atoms. The van der Waals surface area contributed by atoms with Crippen molar-refractivity contribution in [1.29, 1.82) is 5.26 Å². The van der Waals surface area contributed by atoms with Crippen molar-refractivity contribution in [3.8, 4) is 6.07 Å². The van der Waals surface area contributed by atoms with Gasteiger partial charge >= 0.3 is 0 Å². The zero-order chi connectivity index (χ0) is 12.1. The summed E-state index contributed by atoms with van der Waals surface area (Å²) in [6.07, 6.45) is 6.02. The first-order valence-corrected chi connectivity index (χ1v) is 5.96. The lowest BCUT2D eigenvalue weighted by Crippen LogP contribution is -2.32. The number of carbonyl (C=O) groups excluding carboxylic acids is 1. The Morgan fingerprint density at radius 2 is 2.00 bits per heavy atom. The summed E-state index contributed by atoms with van der Waals surface area (Å²) in [5.41, 5.74) is 0.865. The van der Waals surface area contributed by atoms with Crippen LogP contribution in [0.25, 0.3) is 0 Å². The Labute approximate surface area is 101 Å². The van der Waals surface area contributed by atoms with Gasteiger partial charge in [-0.2, -0.15) is 5.26 Å². The minimum Gasteiger partial charge on any atom is -0.337 e. The number of nitrogens with zero attached hydrogens (tertiary/aromatic N) is 3. The highest BCUT2D eigenvalue weighted by atomic mass is 16.2. The number of hydrogen-bond acceptors (Lipinski definition) is 3. The molecule has 1 aliphatic heterocycles. The van der Waals surface area contributed by atoms with Gasteiger partial charge in [0.05, 0.1) is 11.6 Å². The van der Waals surface area contributed by atoms with Gasteiger partial charge < -0.3 is 4.90 Å². The molecule has 0 aliphatic carbocycles. The second kappa shape index (κ2) is 5.44. The molecule has 0 unspecified atom stereocenters. The number of likely N-dealkylation sites (tertiary alicyclic amines) is 1. The van der Waals surface area contributed by atoms with Crippen LogP contribution in [0.3, 0.4) is 0 Å². The highest BCUT2D eigenvalue weighted by molar-refractivity contribution is 5.92. The SMILES string of the molecule is N#Cc1ccnc(C(=O)N2CCCCCC2)c1. The van der Waals surface area contributed by atoms with Crippen LogP contribution in [-0.2, 0) is 0 Å². The lowest BCUT2D eigenvalue weighted by molar-refractivity contribution is 0.0755. The number of aromatic nitrogens is 1. The summed E-state index contributed by atoms with van der Waals surface area (Å²) in [6.45, 7) is 1.61. The van der Waals surface area contributed by atoms with Crippen LogP contribution in [0.1, 0.15) is 41.7 Å². The molecule has 1 aliphatic rings. The third kappa shape index (κ3) is 2.82. The Morgan fingerprint density at radius 1 is 1.29 bits per heavy atom. The molecule has 4 nitrogen and oxygen atoms in total. The topological polar surface area (TPSA) is 57.0 Å². The molecule has 1 aromatic heterocycles. The summed E-state index contributed by atoms with van der Waals surface area (Å²) in [5.74, 6) is -0.0519. The van der Waals surface area contributed by atoms with E-state index in [1.54, 1.807) is 12.1 Å². The molecular weight excluding hydrogens is 214 g/mol. The maximum absolute atomic E-state index is 12.2. The van der Waals surface area contributed by atoms with Gasteiger partial charge in [0.25, 0.3) is 5.91 Å². The van der Waals surface area contributed by atoms with E-state index in [0.717, 1.165) is 25.9 Å². The molecule has 1 amide bonds. The number of hydrogen-bond donors (Lipinski definition) is 0. The van der Waals surface area contributed by atoms with E-state index in [4.69, 9.17) is 5.26 Å². The van der Waals surface area contributed by atoms with Gasteiger partial charge in [-0.3, -0.25) is 9.78 Å². The van der Waals surface area contributed by atoms with Crippen molar-refractivity contribution in [3.63, 3.8) is 0 Å². The van der Waals surface area contributed by atoms with Gasteiger partial charge in [0.1, 0.15) is 5.69 Å². The summed E-state index contributed by atoms with van der Waals surface area (Å²) in [4.78, 5) is 18.1. The van der Waals surface area contributed by atoms with Gasteiger partial charge in [-0.25, -0.2) is 0 Å². The van der Waals surface area contributed by atoms with E-state index in [0.29, 0.717) is 11.3 Å². The summed E-state index contributed by atoms with van der Waals surface area (Å²) in [7, 11) is 0. The number of carbonyl (C=O) groups is 1. The quantitative estimate of drug-likeness (QED) is 0.739. The fourth-order valence-electron chi connectivity index (χ4n) is 2.05. The molecule has 1 fully saturated rings. The molecule has 2 rings (SSSR count). The first-order chi connectivity index (χ1) is 8.31. The molecule has 88 valence electrons. The van der Waals surface area contributed by atoms with Crippen LogP contribution in [0.4, 0.5) is 0 Å². The minimum absolute atomic E-state index is 0.0519. The summed E-state index contributed by atoms with van der Waals surface area (Å²) in [5, 5.41) is 8.80. The standard InChI is InChI=1S/C13H15N3O/c14-10-11-5-6-15-12(9-11)13(17)16-7-3-1-2-4-8-16/h5-6,9H,1-4,7-8H2. The molecule has 2 heterocycles. The number of pyridine rings is 1. The van der Waals surface area contributed by atoms with Crippen LogP contribution >= 0.6 is 0 Å². The third-order valence-corrected chi connectivity index (χ3v) is 3.00. The zero-order valence-electron chi connectivity index (χ0n) is 9.72. The average Bonchev–Trinajstić information content (AvgIpc) is 2.67. The predicted molar refractivity (Wildman–Crippen MR) is 63.3 cm³/mol. The fourth-order valence-corrected chi connectivity index (χ4v) is 2.05. The molecule has 0 radical (unpaired) electrons. The van der Waals surface area contributed by atoms with Crippen molar-refractivity contribution < 1.29 is 4.79 Å². The molecule has 0 atom stereocenters. The minimum atomic E-state index is -0.0519. The molecule has 0 spiro atoms. The van der Waals surface area contributed by atoms with Gasteiger partial charge in [-0.1, -0.05) is 12.8 Å². The Balaban J connectivity index is 2.15. The lowest BCUT2D eigenvalue weighted by Gasteiger charge is -2.19. The lowest BCUT2D eigenvalue weighted by atomic mass is 10.2. The first kappa shape index (κ1) is 11.6. The fraction of sp³-hybridized carbons (Fsp3) is 0.462. The molecule has 0 N–H and O–H groups in total. The summed E-state index contributed by atoms with van der Waals surface area (Å²) >= 11 is 0. The Hall–Kier alpha value is -1.89. The predicted octanol–water partition coefficient (Wildman–Crippen LogP) is 1.97. The van der Waals surface area contributed by atoms with Crippen molar-refractivity contribution in [2.45, 2.75) is 25.7 Å². The second-order valence-electron chi connectivity index (χ2n) is 4.25. The molecule has 0 bridgehead atoms. The molecule has 0 aromatic carbocycles. The van der Waals surface area contributed by atoms with E-state index >= 15 is 0 Å². The van der Waals surface area contributed by atoms with Crippen molar-refractivity contribution in [3.05, 3.63) is 29.6 Å². The van der Waals surface area contributed by atoms with Crippen LogP contribution in [0.15, 0.2) is 18.3 Å². The Bertz CT molecular complexity index is 442. The van der Waals surface area contributed by atoms with Crippen LogP contribution in [0.5, 0.6) is 0 Å². The van der Waals surface area contributed by atoms with Gasteiger partial charge in [0, 0.05) is 19.3 Å². The van der Waals surface area contributed by atoms with E-state index in [-0.39, 0.29) is 5.91 Å². The van der Waals surface area contributed by atoms with E-state index in [2.05, 4.69) is 4.98 Å². The van der Waals surface area contributed by atoms with Gasteiger partial charge in [0.15, 0.2) is 0 Å². The maximum atomic E-state index is 12.2. The molecule has 1 saturated heterocycles. The maximum Gasteiger partial charge on any atom is 0.272 e. The highest BCUT2D eigenvalue weighted by Crippen LogP contribution is 2.12. The van der Waals surface area contributed by atoms with Crippen molar-refractivity contribution in [1.82, 2.24) is 9.88 Å². The van der Waals surface area contributed by atoms with Crippen LogP contribution in [-0.4, -0.2) is 28.9 Å². The van der Waals surface area contributed by atoms with Gasteiger partial charge in [0.2, 0.25) is 0 Å². The van der Waals surface area contributed by atoms with Crippen LogP contribution in [0, 0.1) is 11.3 Å². The molecule has 4 heteroatoms. The Morgan fingerprint density at radius 3 is 2.65 bits per heavy atom. The van der Waals surface area contributed by atoms with Crippen molar-refractivity contribution >= 4 is 5.91 Å². The van der Waals surface area contributed by atoms with E-state index in [1.165, 1.54) is 19.0 Å². The number of nitriles is 1. The van der Waals surface area contributed by atoms with Gasteiger partial charge in [-0.05, 0) is 25.0 Å². The summed E-state index contributed by atoms with van der Waals surface area (Å²) in [6, 6.07) is 5.20. The Kier molecular flexibility index (Phi) is 3.71. The molecule has 1 aromatic rings. The zero-order valence-corrected chi connectivity index (χ0v) is 9.72. The van der Waals surface area contributed by atoms with Crippen molar-refractivity contribution in [2.75, 3.05) is 13.1 Å². The second-order valence-corrected chi connectivity index (χ2v) is 4.25. The van der Waals surface area contributed by atoms with Crippen LogP contribution in [0.2, 0.25) is 0 Å². The third-order valence-electron chi connectivity index (χ3n) is 3.00. The van der Waals surface area contributed by atoms with Crippen LogP contribution < -0.4 is 0 Å². The van der Waals surface area contributed by atoms with E-state index in [9.17, 15) is 4.79 Å². The molecular formula is C13H15N3O. The monoisotopic (exact) mass is 229 g/mol. The number of rotatable bonds is 1. The summed E-state index contributed by atoms with van der Waals surface area (Å²) < 4.78 is 0. The normalized spacial score (nSPS) is 16.1. The number of amides is 1. The smallest absolute Gasteiger partial charge is 0.272 e. The van der Waals surface area contributed by atoms with E-state index < -0.39 is 0 Å². The first-order valence-electron chi connectivity index (χ1n) is 5.96. The largest absolute Gasteiger partial charge is 0.337 e.